The maximum atomic E-state index is 11.9. The summed E-state index contributed by atoms with van der Waals surface area (Å²) < 4.78 is 22.9. The van der Waals surface area contributed by atoms with E-state index in [1.807, 2.05) is 24.3 Å². The Morgan fingerprint density at radius 2 is 2.17 bits per heavy atom. The van der Waals surface area contributed by atoms with Crippen molar-refractivity contribution in [3.63, 3.8) is 0 Å². The number of primary sulfonamides is 1. The van der Waals surface area contributed by atoms with E-state index in [2.05, 4.69) is 15.9 Å². The fourth-order valence-corrected chi connectivity index (χ4v) is 3.38. The lowest BCUT2D eigenvalue weighted by molar-refractivity contribution is -0.117. The first-order valence-corrected chi connectivity index (χ1v) is 7.92. The summed E-state index contributed by atoms with van der Waals surface area (Å²) in [6.45, 7) is 0.395. The summed E-state index contributed by atoms with van der Waals surface area (Å²) in [6.07, 6.45) is 0.225. The van der Waals surface area contributed by atoms with Gasteiger partial charge >= 0.3 is 0 Å². The van der Waals surface area contributed by atoms with Gasteiger partial charge in [0.1, 0.15) is 0 Å². The predicted octanol–water partition coefficient (Wildman–Crippen LogP) is 1.09. The number of benzene rings is 1. The normalized spacial score (nSPS) is 20.4. The van der Waals surface area contributed by atoms with Gasteiger partial charge in [0.15, 0.2) is 0 Å². The highest BCUT2D eigenvalue weighted by Gasteiger charge is 2.32. The highest BCUT2D eigenvalue weighted by atomic mass is 79.9. The van der Waals surface area contributed by atoms with Crippen LogP contribution in [-0.2, 0) is 14.8 Å². The first kappa shape index (κ1) is 13.5. The number of carbonyl (C=O) groups is 1. The van der Waals surface area contributed by atoms with Gasteiger partial charge in [-0.15, -0.1) is 0 Å². The summed E-state index contributed by atoms with van der Waals surface area (Å²) in [6, 6.07) is 7.35. The molecule has 1 aromatic rings. The van der Waals surface area contributed by atoms with Crippen LogP contribution in [0.2, 0.25) is 0 Å². The molecule has 1 aromatic carbocycles. The minimum absolute atomic E-state index is 0.0678. The third kappa shape index (κ3) is 3.30. The molecule has 1 fully saturated rings. The molecule has 2 rings (SSSR count). The molecule has 1 aliphatic rings. The van der Waals surface area contributed by atoms with Crippen LogP contribution in [0.5, 0.6) is 0 Å². The Hall–Kier alpha value is -0.920. The van der Waals surface area contributed by atoms with Gasteiger partial charge in [-0.05, 0) is 18.2 Å². The van der Waals surface area contributed by atoms with E-state index in [1.54, 1.807) is 4.90 Å². The van der Waals surface area contributed by atoms with E-state index in [4.69, 9.17) is 5.14 Å². The SMILES string of the molecule is NS(=O)(=O)CC1CC(=O)N(c2cccc(Br)c2)C1. The fourth-order valence-electron chi connectivity index (χ4n) is 2.12. The molecule has 1 atom stereocenters. The van der Waals surface area contributed by atoms with Crippen molar-refractivity contribution in [3.05, 3.63) is 28.7 Å². The lowest BCUT2D eigenvalue weighted by Crippen LogP contribution is -2.27. The van der Waals surface area contributed by atoms with Gasteiger partial charge in [0.05, 0.1) is 5.75 Å². The van der Waals surface area contributed by atoms with Crippen LogP contribution in [0.1, 0.15) is 6.42 Å². The molecule has 0 bridgehead atoms. The predicted molar refractivity (Wildman–Crippen MR) is 72.6 cm³/mol. The molecule has 0 aliphatic carbocycles. The van der Waals surface area contributed by atoms with Gasteiger partial charge < -0.3 is 4.90 Å². The number of nitrogens with zero attached hydrogens (tertiary/aromatic N) is 1. The van der Waals surface area contributed by atoms with Crippen LogP contribution in [-0.4, -0.2) is 26.6 Å². The minimum Gasteiger partial charge on any atom is -0.312 e. The van der Waals surface area contributed by atoms with Crippen molar-refractivity contribution in [3.8, 4) is 0 Å². The summed E-state index contributed by atoms with van der Waals surface area (Å²) in [5.41, 5.74) is 0.770. The molecular formula is C11H13BrN2O3S. The Morgan fingerprint density at radius 1 is 1.44 bits per heavy atom. The Balaban J connectivity index is 2.15. The number of carbonyl (C=O) groups excluding carboxylic acids is 1. The second kappa shape index (κ2) is 4.99. The number of sulfonamides is 1. The summed E-state index contributed by atoms with van der Waals surface area (Å²) >= 11 is 3.34. The van der Waals surface area contributed by atoms with Gasteiger partial charge in [0.2, 0.25) is 15.9 Å². The summed E-state index contributed by atoms with van der Waals surface area (Å²) in [5, 5.41) is 5.00. The molecule has 1 unspecified atom stereocenters. The van der Waals surface area contributed by atoms with Crippen molar-refractivity contribution in [2.75, 3.05) is 17.2 Å². The molecule has 1 aliphatic heterocycles. The van der Waals surface area contributed by atoms with Crippen LogP contribution in [0.4, 0.5) is 5.69 Å². The van der Waals surface area contributed by atoms with Crippen molar-refractivity contribution < 1.29 is 13.2 Å². The maximum absolute atomic E-state index is 11.9. The summed E-state index contributed by atoms with van der Waals surface area (Å²) in [5.74, 6) is -0.447. The summed E-state index contributed by atoms with van der Waals surface area (Å²) in [7, 11) is -3.53. The van der Waals surface area contributed by atoms with Crippen molar-refractivity contribution >= 4 is 37.5 Å². The van der Waals surface area contributed by atoms with E-state index in [1.165, 1.54) is 0 Å². The Bertz CT molecular complexity index is 573. The molecule has 98 valence electrons. The van der Waals surface area contributed by atoms with Gasteiger partial charge in [-0.3, -0.25) is 4.79 Å². The Labute approximate surface area is 114 Å². The Morgan fingerprint density at radius 3 is 2.78 bits per heavy atom. The van der Waals surface area contributed by atoms with Gasteiger partial charge in [-0.2, -0.15) is 0 Å². The molecule has 5 nitrogen and oxygen atoms in total. The molecule has 1 saturated heterocycles. The van der Waals surface area contributed by atoms with Gasteiger partial charge in [0.25, 0.3) is 0 Å². The minimum atomic E-state index is -3.53. The van der Waals surface area contributed by atoms with Crippen LogP contribution in [0.25, 0.3) is 0 Å². The number of rotatable bonds is 3. The topological polar surface area (TPSA) is 80.5 Å². The van der Waals surface area contributed by atoms with E-state index < -0.39 is 10.0 Å². The molecule has 0 saturated carbocycles. The van der Waals surface area contributed by atoms with E-state index in [9.17, 15) is 13.2 Å². The van der Waals surface area contributed by atoms with Crippen LogP contribution in [0, 0.1) is 5.92 Å². The molecule has 18 heavy (non-hydrogen) atoms. The van der Waals surface area contributed by atoms with E-state index in [-0.39, 0.29) is 24.0 Å². The number of amides is 1. The van der Waals surface area contributed by atoms with Crippen LogP contribution in [0.15, 0.2) is 28.7 Å². The number of anilines is 1. The van der Waals surface area contributed by atoms with Crippen LogP contribution < -0.4 is 10.0 Å². The quantitative estimate of drug-likeness (QED) is 0.899. The van der Waals surface area contributed by atoms with Crippen LogP contribution in [0.3, 0.4) is 0 Å². The van der Waals surface area contributed by atoms with E-state index >= 15 is 0 Å². The highest BCUT2D eigenvalue weighted by Crippen LogP contribution is 2.27. The number of hydrogen-bond acceptors (Lipinski definition) is 3. The maximum Gasteiger partial charge on any atom is 0.227 e. The zero-order chi connectivity index (χ0) is 13.3. The van der Waals surface area contributed by atoms with Crippen LogP contribution >= 0.6 is 15.9 Å². The van der Waals surface area contributed by atoms with Crippen molar-refractivity contribution in [2.45, 2.75) is 6.42 Å². The molecule has 1 heterocycles. The van der Waals surface area contributed by atoms with E-state index in [0.29, 0.717) is 6.54 Å². The average molecular weight is 333 g/mol. The van der Waals surface area contributed by atoms with Crippen molar-refractivity contribution in [1.29, 1.82) is 0 Å². The van der Waals surface area contributed by atoms with Gasteiger partial charge in [-0.25, -0.2) is 13.6 Å². The molecular weight excluding hydrogens is 320 g/mol. The smallest absolute Gasteiger partial charge is 0.227 e. The van der Waals surface area contributed by atoms with Crippen molar-refractivity contribution in [2.24, 2.45) is 11.1 Å². The molecule has 0 radical (unpaired) electrons. The molecule has 0 aromatic heterocycles. The first-order chi connectivity index (χ1) is 8.35. The first-order valence-electron chi connectivity index (χ1n) is 5.41. The second-order valence-electron chi connectivity index (χ2n) is 4.38. The largest absolute Gasteiger partial charge is 0.312 e. The second-order valence-corrected chi connectivity index (χ2v) is 6.96. The molecule has 7 heteroatoms. The third-order valence-electron chi connectivity index (χ3n) is 2.79. The van der Waals surface area contributed by atoms with Crippen molar-refractivity contribution in [1.82, 2.24) is 0 Å². The third-order valence-corrected chi connectivity index (χ3v) is 4.22. The molecule has 0 spiro atoms. The zero-order valence-electron chi connectivity index (χ0n) is 9.54. The average Bonchev–Trinajstić information content (AvgIpc) is 2.56. The Kier molecular flexibility index (Phi) is 3.74. The summed E-state index contributed by atoms with van der Waals surface area (Å²) in [4.78, 5) is 13.5. The fraction of sp³-hybridized carbons (Fsp3) is 0.364. The number of nitrogens with two attached hydrogens (primary N) is 1. The van der Waals surface area contributed by atoms with Gasteiger partial charge in [-0.1, -0.05) is 22.0 Å². The standard InChI is InChI=1S/C11H13BrN2O3S/c12-9-2-1-3-10(5-9)14-6-8(4-11(14)15)7-18(13,16)17/h1-3,5,8H,4,6-7H2,(H2,13,16,17). The number of halogens is 1. The van der Waals surface area contributed by atoms with Gasteiger partial charge in [0, 0.05) is 29.0 Å². The monoisotopic (exact) mass is 332 g/mol. The number of hydrogen-bond donors (Lipinski definition) is 1. The lowest BCUT2D eigenvalue weighted by atomic mass is 10.1. The molecule has 2 N–H and O–H groups in total. The zero-order valence-corrected chi connectivity index (χ0v) is 11.9. The molecule has 1 amide bonds. The lowest BCUT2D eigenvalue weighted by Gasteiger charge is -2.16. The highest BCUT2D eigenvalue weighted by molar-refractivity contribution is 9.10. The van der Waals surface area contributed by atoms with E-state index in [0.717, 1.165) is 10.2 Å².